The van der Waals surface area contributed by atoms with Crippen molar-refractivity contribution in [2.24, 2.45) is 5.73 Å². The second kappa shape index (κ2) is 7.41. The van der Waals surface area contributed by atoms with Gasteiger partial charge in [0.1, 0.15) is 0 Å². The fraction of sp³-hybridized carbons (Fsp3) is 0.188. The Bertz CT molecular complexity index is 713. The van der Waals surface area contributed by atoms with E-state index >= 15 is 0 Å². The lowest BCUT2D eigenvalue weighted by molar-refractivity contribution is 0.0951. The Hall–Kier alpha value is -1.61. The Morgan fingerprint density at radius 2 is 2.24 bits per heavy atom. The first-order chi connectivity index (χ1) is 10.1. The van der Waals surface area contributed by atoms with Crippen molar-refractivity contribution in [2.45, 2.75) is 13.5 Å². The molecule has 21 heavy (non-hydrogen) atoms. The predicted octanol–water partition coefficient (Wildman–Crippen LogP) is 3.06. The van der Waals surface area contributed by atoms with Crippen molar-refractivity contribution < 1.29 is 4.79 Å². The number of benzene rings is 1. The molecule has 0 aliphatic heterocycles. The van der Waals surface area contributed by atoms with E-state index in [1.165, 1.54) is 0 Å². The van der Waals surface area contributed by atoms with E-state index in [1.807, 2.05) is 30.5 Å². The van der Waals surface area contributed by atoms with Crippen LogP contribution in [-0.4, -0.2) is 12.5 Å². The van der Waals surface area contributed by atoms with Crippen molar-refractivity contribution in [3.05, 3.63) is 55.7 Å². The van der Waals surface area contributed by atoms with Crippen LogP contribution in [0.5, 0.6) is 0 Å². The van der Waals surface area contributed by atoms with Gasteiger partial charge in [0.25, 0.3) is 5.91 Å². The molecule has 2 rings (SSSR count). The summed E-state index contributed by atoms with van der Waals surface area (Å²) in [6.07, 6.45) is 0. The first-order valence-corrected chi connectivity index (χ1v) is 8.08. The van der Waals surface area contributed by atoms with E-state index in [1.54, 1.807) is 17.4 Å². The number of rotatable bonds is 3. The van der Waals surface area contributed by atoms with Crippen LogP contribution >= 0.6 is 27.3 Å². The lowest BCUT2D eigenvalue weighted by atomic mass is 10.0. The Balaban J connectivity index is 2.04. The molecule has 108 valence electrons. The zero-order valence-corrected chi connectivity index (χ0v) is 14.0. The molecule has 2 aromatic rings. The molecule has 0 spiro atoms. The van der Waals surface area contributed by atoms with Gasteiger partial charge in [-0.1, -0.05) is 11.8 Å². The van der Waals surface area contributed by atoms with Gasteiger partial charge in [0, 0.05) is 25.9 Å². The minimum Gasteiger partial charge on any atom is -0.347 e. The quantitative estimate of drug-likeness (QED) is 0.824. The van der Waals surface area contributed by atoms with Gasteiger partial charge in [-0.25, -0.2) is 0 Å². The molecule has 0 unspecified atom stereocenters. The molecule has 0 atom stereocenters. The maximum atomic E-state index is 12.1. The molecule has 0 fully saturated rings. The van der Waals surface area contributed by atoms with E-state index in [4.69, 9.17) is 5.73 Å². The van der Waals surface area contributed by atoms with Crippen LogP contribution in [0.2, 0.25) is 0 Å². The summed E-state index contributed by atoms with van der Waals surface area (Å²) in [7, 11) is 0. The van der Waals surface area contributed by atoms with E-state index in [-0.39, 0.29) is 5.91 Å². The van der Waals surface area contributed by atoms with Gasteiger partial charge in [-0.2, -0.15) is 0 Å². The van der Waals surface area contributed by atoms with Gasteiger partial charge in [-0.05, 0) is 52.7 Å². The summed E-state index contributed by atoms with van der Waals surface area (Å²) in [5.41, 5.74) is 7.88. The highest BCUT2D eigenvalue weighted by Crippen LogP contribution is 2.19. The summed E-state index contributed by atoms with van der Waals surface area (Å²) in [6, 6.07) is 7.49. The Morgan fingerprint density at radius 3 is 2.86 bits per heavy atom. The normalized spacial score (nSPS) is 9.86. The van der Waals surface area contributed by atoms with Crippen LogP contribution in [0.3, 0.4) is 0 Å². The molecule has 0 saturated heterocycles. The SMILES string of the molecule is Cc1cc(C(=O)NCc2cc(Br)cs2)ccc1C#CCN. The smallest absolute Gasteiger partial charge is 0.251 e. The van der Waals surface area contributed by atoms with E-state index < -0.39 is 0 Å². The molecule has 0 bridgehead atoms. The second-order valence-electron chi connectivity index (χ2n) is 4.45. The van der Waals surface area contributed by atoms with Crippen molar-refractivity contribution in [1.82, 2.24) is 5.32 Å². The lowest BCUT2D eigenvalue weighted by Gasteiger charge is -2.06. The zero-order chi connectivity index (χ0) is 15.2. The summed E-state index contributed by atoms with van der Waals surface area (Å²) in [5, 5.41) is 4.91. The van der Waals surface area contributed by atoms with Crippen LogP contribution in [0, 0.1) is 18.8 Å². The molecule has 0 aliphatic rings. The fourth-order valence-electron chi connectivity index (χ4n) is 1.81. The van der Waals surface area contributed by atoms with Crippen LogP contribution in [0.4, 0.5) is 0 Å². The molecular weight excluding hydrogens is 348 g/mol. The number of carbonyl (C=O) groups excluding carboxylic acids is 1. The Morgan fingerprint density at radius 1 is 1.43 bits per heavy atom. The molecular formula is C16H15BrN2OS. The van der Waals surface area contributed by atoms with Gasteiger partial charge >= 0.3 is 0 Å². The molecule has 5 heteroatoms. The van der Waals surface area contributed by atoms with E-state index in [0.717, 1.165) is 20.5 Å². The Kier molecular flexibility index (Phi) is 5.57. The average Bonchev–Trinajstić information content (AvgIpc) is 2.89. The number of hydrogen-bond donors (Lipinski definition) is 2. The zero-order valence-electron chi connectivity index (χ0n) is 11.6. The largest absolute Gasteiger partial charge is 0.347 e. The van der Waals surface area contributed by atoms with Crippen molar-refractivity contribution >= 4 is 33.2 Å². The highest BCUT2D eigenvalue weighted by Gasteiger charge is 2.07. The van der Waals surface area contributed by atoms with Crippen LogP contribution in [0.25, 0.3) is 0 Å². The first kappa shape index (κ1) is 15.8. The van der Waals surface area contributed by atoms with E-state index in [2.05, 4.69) is 33.1 Å². The van der Waals surface area contributed by atoms with Crippen molar-refractivity contribution in [1.29, 1.82) is 0 Å². The predicted molar refractivity (Wildman–Crippen MR) is 90.3 cm³/mol. The van der Waals surface area contributed by atoms with Crippen molar-refractivity contribution in [3.63, 3.8) is 0 Å². The number of amides is 1. The number of hydrogen-bond acceptors (Lipinski definition) is 3. The third-order valence-corrected chi connectivity index (χ3v) is 4.56. The Labute approximate surface area is 136 Å². The number of carbonyl (C=O) groups is 1. The first-order valence-electron chi connectivity index (χ1n) is 6.41. The number of thiophene rings is 1. The summed E-state index contributed by atoms with van der Waals surface area (Å²) in [4.78, 5) is 13.2. The van der Waals surface area contributed by atoms with Crippen LogP contribution in [0.1, 0.15) is 26.4 Å². The monoisotopic (exact) mass is 362 g/mol. The molecule has 3 nitrogen and oxygen atoms in total. The molecule has 1 aromatic carbocycles. The van der Waals surface area contributed by atoms with Gasteiger partial charge in [-0.3, -0.25) is 4.79 Å². The van der Waals surface area contributed by atoms with Crippen LogP contribution in [-0.2, 0) is 6.54 Å². The number of nitrogens with two attached hydrogens (primary N) is 1. The maximum absolute atomic E-state index is 12.1. The van der Waals surface area contributed by atoms with Gasteiger partial charge in [0.05, 0.1) is 13.1 Å². The highest BCUT2D eigenvalue weighted by molar-refractivity contribution is 9.10. The van der Waals surface area contributed by atoms with Gasteiger partial charge in [-0.15, -0.1) is 11.3 Å². The molecule has 0 aliphatic carbocycles. The third kappa shape index (κ3) is 4.43. The van der Waals surface area contributed by atoms with Crippen molar-refractivity contribution in [2.75, 3.05) is 6.54 Å². The topological polar surface area (TPSA) is 55.1 Å². The van der Waals surface area contributed by atoms with Gasteiger partial charge in [0.15, 0.2) is 0 Å². The number of halogens is 1. The van der Waals surface area contributed by atoms with E-state index in [9.17, 15) is 4.79 Å². The molecule has 1 amide bonds. The molecule has 1 heterocycles. The molecule has 1 aromatic heterocycles. The van der Waals surface area contributed by atoms with Gasteiger partial charge in [0.2, 0.25) is 0 Å². The summed E-state index contributed by atoms with van der Waals surface area (Å²) >= 11 is 5.01. The maximum Gasteiger partial charge on any atom is 0.251 e. The summed E-state index contributed by atoms with van der Waals surface area (Å²) in [6.45, 7) is 2.80. The lowest BCUT2D eigenvalue weighted by Crippen LogP contribution is -2.22. The molecule has 0 radical (unpaired) electrons. The second-order valence-corrected chi connectivity index (χ2v) is 6.36. The third-order valence-electron chi connectivity index (χ3n) is 2.86. The molecule has 3 N–H and O–H groups in total. The van der Waals surface area contributed by atoms with Crippen LogP contribution < -0.4 is 11.1 Å². The minimum absolute atomic E-state index is 0.0824. The summed E-state index contributed by atoms with van der Waals surface area (Å²) in [5.74, 6) is 5.72. The number of nitrogens with one attached hydrogen (secondary N) is 1. The molecule has 0 saturated carbocycles. The fourth-order valence-corrected chi connectivity index (χ4v) is 3.20. The number of aryl methyl sites for hydroxylation is 1. The van der Waals surface area contributed by atoms with E-state index in [0.29, 0.717) is 18.7 Å². The average molecular weight is 363 g/mol. The standard InChI is InChI=1S/C16H15BrN2OS/c1-11-7-13(5-4-12(11)3-2-6-18)16(20)19-9-15-8-14(17)10-21-15/h4-5,7-8,10H,6,9,18H2,1H3,(H,19,20). The van der Waals surface area contributed by atoms with Gasteiger partial charge < -0.3 is 11.1 Å². The minimum atomic E-state index is -0.0824. The van der Waals surface area contributed by atoms with Crippen LogP contribution in [0.15, 0.2) is 34.1 Å². The van der Waals surface area contributed by atoms with Crippen molar-refractivity contribution in [3.8, 4) is 11.8 Å². The summed E-state index contributed by atoms with van der Waals surface area (Å²) < 4.78 is 1.04. The highest BCUT2D eigenvalue weighted by atomic mass is 79.9.